The first-order chi connectivity index (χ1) is 15.9. The number of carbonyl (C=O) groups is 1. The first kappa shape index (κ1) is 24.5. The van der Waals surface area contributed by atoms with Crippen LogP contribution in [0.15, 0.2) is 83.8 Å². The largest absolute Gasteiger partial charge is 0.323 e. The highest BCUT2D eigenvalue weighted by Crippen LogP contribution is 2.17. The Balaban J connectivity index is 1.55. The molecule has 0 heterocycles. The smallest absolute Gasteiger partial charge is 0.308 e. The van der Waals surface area contributed by atoms with Gasteiger partial charge in [-0.15, -0.1) is 0 Å². The summed E-state index contributed by atoms with van der Waals surface area (Å²) >= 11 is 0. The molecule has 0 saturated heterocycles. The summed E-state index contributed by atoms with van der Waals surface area (Å²) in [7, 11) is -3.26. The van der Waals surface area contributed by atoms with Gasteiger partial charge in [0, 0.05) is 24.5 Å². The summed E-state index contributed by atoms with van der Waals surface area (Å²) in [6, 6.07) is 24.0. The van der Waals surface area contributed by atoms with Crippen LogP contribution in [0.3, 0.4) is 0 Å². The maximum Gasteiger partial charge on any atom is 0.323 e. The number of nitrogens with one attached hydrogen (secondary N) is 2. The SMILES string of the molecule is CCCN(Cc1ccccc1)Cc1ccc(NC(=O)Nc2ccc(S(=O)(=O)CC)cc2)cc1. The number of sulfone groups is 1. The Hall–Kier alpha value is -3.16. The molecule has 0 aliphatic heterocycles. The van der Waals surface area contributed by atoms with Crippen LogP contribution in [0.25, 0.3) is 0 Å². The molecule has 3 aromatic rings. The predicted octanol–water partition coefficient (Wildman–Crippen LogP) is 5.54. The number of urea groups is 1. The Kier molecular flexibility index (Phi) is 8.63. The second kappa shape index (κ2) is 11.6. The first-order valence-electron chi connectivity index (χ1n) is 11.2. The number of hydrogen-bond acceptors (Lipinski definition) is 4. The molecule has 3 rings (SSSR count). The summed E-state index contributed by atoms with van der Waals surface area (Å²) in [6.45, 7) is 6.53. The molecule has 0 bridgehead atoms. The fraction of sp³-hybridized carbons (Fsp3) is 0.269. The molecule has 0 spiro atoms. The van der Waals surface area contributed by atoms with E-state index >= 15 is 0 Å². The van der Waals surface area contributed by atoms with Crippen molar-refractivity contribution in [2.75, 3.05) is 22.9 Å². The highest BCUT2D eigenvalue weighted by Gasteiger charge is 2.12. The molecule has 174 valence electrons. The topological polar surface area (TPSA) is 78.5 Å². The molecule has 0 unspecified atom stereocenters. The molecule has 0 atom stereocenters. The van der Waals surface area contributed by atoms with Gasteiger partial charge < -0.3 is 10.6 Å². The number of nitrogens with zero attached hydrogens (tertiary/aromatic N) is 1. The van der Waals surface area contributed by atoms with Crippen LogP contribution >= 0.6 is 0 Å². The van der Waals surface area contributed by atoms with Crippen LogP contribution in [-0.4, -0.2) is 31.6 Å². The maximum absolute atomic E-state index is 12.3. The molecular formula is C26H31N3O3S. The van der Waals surface area contributed by atoms with Crippen LogP contribution in [-0.2, 0) is 22.9 Å². The lowest BCUT2D eigenvalue weighted by molar-refractivity contribution is 0.257. The molecule has 7 heteroatoms. The van der Waals surface area contributed by atoms with Gasteiger partial charge in [0.15, 0.2) is 9.84 Å². The first-order valence-corrected chi connectivity index (χ1v) is 12.8. The summed E-state index contributed by atoms with van der Waals surface area (Å²) in [4.78, 5) is 15.0. The van der Waals surface area contributed by atoms with Crippen LogP contribution in [0, 0.1) is 0 Å². The van der Waals surface area contributed by atoms with Crippen LogP contribution in [0.1, 0.15) is 31.4 Å². The molecular weight excluding hydrogens is 434 g/mol. The van der Waals surface area contributed by atoms with Gasteiger partial charge in [0.05, 0.1) is 10.6 Å². The highest BCUT2D eigenvalue weighted by atomic mass is 32.2. The molecule has 33 heavy (non-hydrogen) atoms. The van der Waals surface area contributed by atoms with Crippen molar-refractivity contribution < 1.29 is 13.2 Å². The second-order valence-corrected chi connectivity index (χ2v) is 10.2. The van der Waals surface area contributed by atoms with Crippen molar-refractivity contribution in [2.45, 2.75) is 38.3 Å². The number of benzene rings is 3. The van der Waals surface area contributed by atoms with E-state index in [1.165, 1.54) is 23.3 Å². The quantitative estimate of drug-likeness (QED) is 0.412. The zero-order valence-corrected chi connectivity index (χ0v) is 19.9. The van der Waals surface area contributed by atoms with E-state index in [2.05, 4.69) is 46.7 Å². The zero-order chi connectivity index (χ0) is 23.7. The third kappa shape index (κ3) is 7.44. The summed E-state index contributed by atoms with van der Waals surface area (Å²) in [6.07, 6.45) is 1.08. The summed E-state index contributed by atoms with van der Waals surface area (Å²) in [5.41, 5.74) is 3.68. The molecule has 0 aliphatic carbocycles. The number of rotatable bonds is 10. The number of amides is 2. The van der Waals surface area contributed by atoms with Gasteiger partial charge in [-0.3, -0.25) is 4.90 Å². The van der Waals surface area contributed by atoms with Gasteiger partial charge in [0.2, 0.25) is 0 Å². The van der Waals surface area contributed by atoms with Crippen molar-refractivity contribution in [2.24, 2.45) is 0 Å². The van der Waals surface area contributed by atoms with Crippen molar-refractivity contribution in [3.05, 3.63) is 90.0 Å². The molecule has 0 aliphatic rings. The monoisotopic (exact) mass is 465 g/mol. The number of hydrogen-bond donors (Lipinski definition) is 2. The number of carbonyl (C=O) groups excluding carboxylic acids is 1. The van der Waals surface area contributed by atoms with Gasteiger partial charge in [-0.1, -0.05) is 56.3 Å². The van der Waals surface area contributed by atoms with E-state index in [1.54, 1.807) is 19.1 Å². The van der Waals surface area contributed by atoms with E-state index in [4.69, 9.17) is 0 Å². The Morgan fingerprint density at radius 1 is 0.758 bits per heavy atom. The van der Waals surface area contributed by atoms with Gasteiger partial charge in [-0.05, 0) is 60.5 Å². The molecule has 0 aromatic heterocycles. The minimum absolute atomic E-state index is 0.0404. The summed E-state index contributed by atoms with van der Waals surface area (Å²) in [5, 5.41) is 5.53. The fourth-order valence-corrected chi connectivity index (χ4v) is 4.41. The Morgan fingerprint density at radius 3 is 1.79 bits per heavy atom. The van der Waals surface area contributed by atoms with Gasteiger partial charge in [0.25, 0.3) is 0 Å². The fourth-order valence-electron chi connectivity index (χ4n) is 3.53. The molecule has 0 radical (unpaired) electrons. The summed E-state index contributed by atoms with van der Waals surface area (Å²) < 4.78 is 23.8. The highest BCUT2D eigenvalue weighted by molar-refractivity contribution is 7.91. The van der Waals surface area contributed by atoms with Crippen LogP contribution in [0.5, 0.6) is 0 Å². The Bertz CT molecular complexity index is 1130. The lowest BCUT2D eigenvalue weighted by Crippen LogP contribution is -2.23. The molecule has 6 nitrogen and oxygen atoms in total. The normalized spacial score (nSPS) is 11.4. The lowest BCUT2D eigenvalue weighted by atomic mass is 10.1. The minimum atomic E-state index is -3.26. The third-order valence-electron chi connectivity index (χ3n) is 5.26. The summed E-state index contributed by atoms with van der Waals surface area (Å²) in [5.74, 6) is 0.0404. The molecule has 0 fully saturated rings. The molecule has 0 saturated carbocycles. The molecule has 3 aromatic carbocycles. The van der Waals surface area contributed by atoms with Crippen molar-refractivity contribution in [1.29, 1.82) is 0 Å². The number of anilines is 2. The third-order valence-corrected chi connectivity index (χ3v) is 7.01. The van der Waals surface area contributed by atoms with E-state index in [0.717, 1.165) is 26.1 Å². The van der Waals surface area contributed by atoms with Crippen LogP contribution in [0.2, 0.25) is 0 Å². The van der Waals surface area contributed by atoms with Gasteiger partial charge in [-0.2, -0.15) is 0 Å². The zero-order valence-electron chi connectivity index (χ0n) is 19.1. The van der Waals surface area contributed by atoms with Crippen LogP contribution < -0.4 is 10.6 Å². The second-order valence-electron chi connectivity index (χ2n) is 7.90. The lowest BCUT2D eigenvalue weighted by Gasteiger charge is -2.22. The van der Waals surface area contributed by atoms with Gasteiger partial charge >= 0.3 is 6.03 Å². The maximum atomic E-state index is 12.3. The van der Waals surface area contributed by atoms with E-state index in [1.807, 2.05) is 30.3 Å². The Morgan fingerprint density at radius 2 is 1.27 bits per heavy atom. The van der Waals surface area contributed by atoms with Crippen molar-refractivity contribution in [1.82, 2.24) is 4.90 Å². The average molecular weight is 466 g/mol. The Labute approximate surface area is 196 Å². The van der Waals surface area contributed by atoms with Gasteiger partial charge in [-0.25, -0.2) is 13.2 Å². The van der Waals surface area contributed by atoms with E-state index < -0.39 is 9.84 Å². The molecule has 2 N–H and O–H groups in total. The van der Waals surface area contributed by atoms with E-state index in [-0.39, 0.29) is 16.7 Å². The van der Waals surface area contributed by atoms with Crippen molar-refractivity contribution >= 4 is 27.2 Å². The minimum Gasteiger partial charge on any atom is -0.308 e. The average Bonchev–Trinajstić information content (AvgIpc) is 2.81. The van der Waals surface area contributed by atoms with Crippen molar-refractivity contribution in [3.63, 3.8) is 0 Å². The predicted molar refractivity (Wildman–Crippen MR) is 134 cm³/mol. The van der Waals surface area contributed by atoms with E-state index in [0.29, 0.717) is 11.4 Å². The van der Waals surface area contributed by atoms with Gasteiger partial charge in [0.1, 0.15) is 0 Å². The standard InChI is InChI=1S/C26H31N3O3S/c1-3-18-29(19-21-8-6-5-7-9-21)20-22-10-12-23(13-11-22)27-26(30)28-24-14-16-25(17-15-24)33(31,32)4-2/h5-17H,3-4,18-20H2,1-2H3,(H2,27,28,30). The van der Waals surface area contributed by atoms with E-state index in [9.17, 15) is 13.2 Å². The van der Waals surface area contributed by atoms with Crippen LogP contribution in [0.4, 0.5) is 16.2 Å². The molecule has 2 amide bonds. The van der Waals surface area contributed by atoms with Crippen molar-refractivity contribution in [3.8, 4) is 0 Å².